The Kier molecular flexibility index (Phi) is 6.07. The maximum atomic E-state index is 13.1. The molecule has 150 valence electrons. The number of aromatic nitrogens is 1. The van der Waals surface area contributed by atoms with E-state index < -0.39 is 17.6 Å². The number of amides is 1. The highest BCUT2D eigenvalue weighted by molar-refractivity contribution is 6.33. The van der Waals surface area contributed by atoms with Gasteiger partial charge in [-0.3, -0.25) is 4.79 Å². The summed E-state index contributed by atoms with van der Waals surface area (Å²) < 4.78 is 56.4. The van der Waals surface area contributed by atoms with Crippen molar-refractivity contribution in [2.24, 2.45) is 0 Å². The third-order valence-corrected chi connectivity index (χ3v) is 4.85. The fraction of sp³-hybridized carbons (Fsp3) is 0.368. The molecule has 1 N–H and O–H groups in total. The molecule has 1 aromatic carbocycles. The number of pyridine rings is 1. The first kappa shape index (κ1) is 20.4. The third-order valence-electron chi connectivity index (χ3n) is 4.54. The molecule has 1 aromatic heterocycles. The quantitative estimate of drug-likeness (QED) is 0.712. The highest BCUT2D eigenvalue weighted by Crippen LogP contribution is 2.30. The SMILES string of the molecule is O=C(NC1CCC(Oc2ccc(C(F)(F)F)cn2)CC1)c1ccc(F)cc1Cl. The molecule has 4 nitrogen and oxygen atoms in total. The molecule has 0 radical (unpaired) electrons. The first-order valence-electron chi connectivity index (χ1n) is 8.68. The van der Waals surface area contributed by atoms with Crippen molar-refractivity contribution < 1.29 is 27.1 Å². The van der Waals surface area contributed by atoms with Crippen LogP contribution >= 0.6 is 11.6 Å². The Morgan fingerprint density at radius 3 is 2.43 bits per heavy atom. The number of nitrogens with one attached hydrogen (secondary N) is 1. The lowest BCUT2D eigenvalue weighted by Crippen LogP contribution is -2.39. The van der Waals surface area contributed by atoms with E-state index in [0.717, 1.165) is 18.3 Å². The lowest BCUT2D eigenvalue weighted by Gasteiger charge is -2.29. The van der Waals surface area contributed by atoms with E-state index in [1.807, 2.05) is 0 Å². The molecule has 1 amide bonds. The Bertz CT molecular complexity index is 835. The van der Waals surface area contributed by atoms with Crippen LogP contribution in [0, 0.1) is 5.82 Å². The van der Waals surface area contributed by atoms with Gasteiger partial charge in [0.05, 0.1) is 16.1 Å². The summed E-state index contributed by atoms with van der Waals surface area (Å²) in [4.78, 5) is 16.0. The van der Waals surface area contributed by atoms with Gasteiger partial charge in [0.1, 0.15) is 11.9 Å². The highest BCUT2D eigenvalue weighted by Gasteiger charge is 2.31. The van der Waals surface area contributed by atoms with Crippen LogP contribution in [-0.2, 0) is 6.18 Å². The fourth-order valence-electron chi connectivity index (χ4n) is 3.05. The molecular formula is C19H17ClF4N2O2. The summed E-state index contributed by atoms with van der Waals surface area (Å²) >= 11 is 5.90. The zero-order valence-electron chi connectivity index (χ0n) is 14.6. The number of nitrogens with zero attached hydrogens (tertiary/aromatic N) is 1. The van der Waals surface area contributed by atoms with Gasteiger partial charge in [-0.1, -0.05) is 11.6 Å². The molecule has 28 heavy (non-hydrogen) atoms. The van der Waals surface area contributed by atoms with Gasteiger partial charge in [-0.15, -0.1) is 0 Å². The number of carbonyl (C=O) groups excluding carboxylic acids is 1. The van der Waals surface area contributed by atoms with Crippen LogP contribution in [0.1, 0.15) is 41.6 Å². The molecular weight excluding hydrogens is 400 g/mol. The molecule has 0 spiro atoms. The molecule has 0 saturated heterocycles. The second-order valence-corrected chi connectivity index (χ2v) is 6.98. The summed E-state index contributed by atoms with van der Waals surface area (Å²) in [5.41, 5.74) is -0.624. The lowest BCUT2D eigenvalue weighted by molar-refractivity contribution is -0.137. The molecule has 1 saturated carbocycles. The molecule has 3 rings (SSSR count). The second kappa shape index (κ2) is 8.34. The average molecular weight is 417 g/mol. The molecule has 0 bridgehead atoms. The molecule has 0 unspecified atom stereocenters. The number of alkyl halides is 3. The summed E-state index contributed by atoms with van der Waals surface area (Å²) in [5, 5.41) is 2.91. The number of hydrogen-bond donors (Lipinski definition) is 1. The maximum absolute atomic E-state index is 13.1. The van der Waals surface area contributed by atoms with Gasteiger partial charge >= 0.3 is 6.18 Å². The van der Waals surface area contributed by atoms with Crippen LogP contribution in [0.2, 0.25) is 5.02 Å². The van der Waals surface area contributed by atoms with Gasteiger partial charge in [0.25, 0.3) is 5.91 Å². The smallest absolute Gasteiger partial charge is 0.417 e. The standard InChI is InChI=1S/C19H17ClF4N2O2/c20-16-9-12(21)2-7-15(16)18(27)26-13-3-5-14(6-4-13)28-17-8-1-11(10-25-17)19(22,23)24/h1-2,7-10,13-14H,3-6H2,(H,26,27). The van der Waals surface area contributed by atoms with Gasteiger partial charge in [-0.2, -0.15) is 13.2 Å². The van der Waals surface area contributed by atoms with Crippen molar-refractivity contribution in [3.8, 4) is 5.88 Å². The largest absolute Gasteiger partial charge is 0.474 e. The number of hydrogen-bond acceptors (Lipinski definition) is 3. The van der Waals surface area contributed by atoms with Gasteiger partial charge in [0, 0.05) is 18.3 Å². The molecule has 1 aliphatic carbocycles. The number of benzene rings is 1. The minimum atomic E-state index is -4.44. The topological polar surface area (TPSA) is 51.2 Å². The number of ether oxygens (including phenoxy) is 1. The van der Waals surface area contributed by atoms with E-state index >= 15 is 0 Å². The van der Waals surface area contributed by atoms with Crippen molar-refractivity contribution in [3.63, 3.8) is 0 Å². The summed E-state index contributed by atoms with van der Waals surface area (Å²) in [7, 11) is 0. The number of halogens is 5. The Balaban J connectivity index is 1.50. The van der Waals surface area contributed by atoms with Crippen LogP contribution < -0.4 is 10.1 Å². The van der Waals surface area contributed by atoms with Crippen LogP contribution in [-0.4, -0.2) is 23.0 Å². The normalized spacial score (nSPS) is 19.9. The minimum absolute atomic E-state index is 0.0443. The Morgan fingerprint density at radius 2 is 1.86 bits per heavy atom. The average Bonchev–Trinajstić information content (AvgIpc) is 2.63. The summed E-state index contributed by atoms with van der Waals surface area (Å²) in [6.07, 6.45) is -1.38. The molecule has 9 heteroatoms. The van der Waals surface area contributed by atoms with Gasteiger partial charge in [-0.05, 0) is 49.9 Å². The summed E-state index contributed by atoms with van der Waals surface area (Å²) in [6, 6.07) is 5.63. The van der Waals surface area contributed by atoms with E-state index in [9.17, 15) is 22.4 Å². The lowest BCUT2D eigenvalue weighted by atomic mass is 9.92. The van der Waals surface area contributed by atoms with Gasteiger partial charge in [0.15, 0.2) is 0 Å². The molecule has 0 atom stereocenters. The van der Waals surface area contributed by atoms with E-state index in [2.05, 4.69) is 10.3 Å². The van der Waals surface area contributed by atoms with Crippen LogP contribution in [0.15, 0.2) is 36.5 Å². The van der Waals surface area contributed by atoms with E-state index in [1.165, 1.54) is 18.2 Å². The maximum Gasteiger partial charge on any atom is 0.417 e. The molecule has 2 aromatic rings. The molecule has 1 heterocycles. The summed E-state index contributed by atoms with van der Waals surface area (Å²) in [5.74, 6) is -0.756. The molecule has 0 aliphatic heterocycles. The van der Waals surface area contributed by atoms with Crippen LogP contribution in [0.4, 0.5) is 17.6 Å². The monoisotopic (exact) mass is 416 g/mol. The van der Waals surface area contributed by atoms with Crippen LogP contribution in [0.25, 0.3) is 0 Å². The van der Waals surface area contributed by atoms with Gasteiger partial charge < -0.3 is 10.1 Å². The molecule has 1 aliphatic rings. The Labute approximate surface area is 163 Å². The minimum Gasteiger partial charge on any atom is -0.474 e. The van der Waals surface area contributed by atoms with Crippen LogP contribution in [0.3, 0.4) is 0 Å². The highest BCUT2D eigenvalue weighted by atomic mass is 35.5. The predicted octanol–water partition coefficient (Wildman–Crippen LogP) is 5.01. The van der Waals surface area contributed by atoms with Crippen molar-refractivity contribution in [1.82, 2.24) is 10.3 Å². The van der Waals surface area contributed by atoms with Crippen LogP contribution in [0.5, 0.6) is 5.88 Å². The Morgan fingerprint density at radius 1 is 1.14 bits per heavy atom. The predicted molar refractivity (Wildman–Crippen MR) is 94.8 cm³/mol. The van der Waals surface area contributed by atoms with E-state index in [1.54, 1.807) is 0 Å². The second-order valence-electron chi connectivity index (χ2n) is 6.57. The number of rotatable bonds is 4. The first-order valence-corrected chi connectivity index (χ1v) is 9.06. The van der Waals surface area contributed by atoms with Crippen molar-refractivity contribution in [2.75, 3.05) is 0 Å². The Hall–Kier alpha value is -2.35. The van der Waals surface area contributed by atoms with E-state index in [0.29, 0.717) is 25.7 Å². The zero-order valence-corrected chi connectivity index (χ0v) is 15.4. The zero-order chi connectivity index (χ0) is 20.3. The fourth-order valence-corrected chi connectivity index (χ4v) is 3.30. The number of carbonyl (C=O) groups is 1. The van der Waals surface area contributed by atoms with Gasteiger partial charge in [-0.25, -0.2) is 9.37 Å². The van der Waals surface area contributed by atoms with Crippen molar-refractivity contribution in [3.05, 3.63) is 58.5 Å². The van der Waals surface area contributed by atoms with E-state index in [-0.39, 0.29) is 34.5 Å². The first-order chi connectivity index (χ1) is 13.2. The third kappa shape index (κ3) is 5.13. The summed E-state index contributed by atoms with van der Waals surface area (Å²) in [6.45, 7) is 0. The van der Waals surface area contributed by atoms with Crippen molar-refractivity contribution in [2.45, 2.75) is 44.0 Å². The van der Waals surface area contributed by atoms with Crippen molar-refractivity contribution in [1.29, 1.82) is 0 Å². The van der Waals surface area contributed by atoms with Crippen molar-refractivity contribution >= 4 is 17.5 Å². The molecule has 1 fully saturated rings. The van der Waals surface area contributed by atoms with E-state index in [4.69, 9.17) is 16.3 Å². The van der Waals surface area contributed by atoms with Gasteiger partial charge in [0.2, 0.25) is 5.88 Å².